The molecule has 1 atom stereocenters. The highest BCUT2D eigenvalue weighted by atomic mass is 16.4. The van der Waals surface area contributed by atoms with Crippen molar-refractivity contribution in [1.82, 2.24) is 0 Å². The van der Waals surface area contributed by atoms with Crippen molar-refractivity contribution in [2.75, 3.05) is 5.32 Å². The molecule has 20 heavy (non-hydrogen) atoms. The molecule has 110 valence electrons. The van der Waals surface area contributed by atoms with E-state index in [4.69, 9.17) is 10.8 Å². The number of carboxylic acid groups (broad SMARTS) is 1. The van der Waals surface area contributed by atoms with Crippen LogP contribution in [-0.4, -0.2) is 23.0 Å². The van der Waals surface area contributed by atoms with Gasteiger partial charge in [-0.15, -0.1) is 0 Å². The average Bonchev–Trinajstić information content (AvgIpc) is 2.36. The number of carbonyl (C=O) groups excluding carboxylic acids is 1. The number of nitrogens with two attached hydrogens (primary N) is 1. The van der Waals surface area contributed by atoms with Crippen LogP contribution in [0.1, 0.15) is 32.3 Å². The van der Waals surface area contributed by atoms with Gasteiger partial charge < -0.3 is 16.2 Å². The quantitative estimate of drug-likeness (QED) is 0.711. The van der Waals surface area contributed by atoms with E-state index in [0.29, 0.717) is 12.1 Å². The first kappa shape index (κ1) is 16.2. The zero-order valence-electron chi connectivity index (χ0n) is 11.9. The van der Waals surface area contributed by atoms with Crippen LogP contribution in [0.5, 0.6) is 0 Å². The standard InChI is InChI=1S/C15H22N2O3/c1-10(2)13(16)9-14(18)17-12-5-3-4-11(8-12)6-7-15(19)20/h3-5,8,10,13H,6-7,9,16H2,1-2H3,(H,17,18)(H,19,20). The molecule has 1 unspecified atom stereocenters. The van der Waals surface area contributed by atoms with E-state index >= 15 is 0 Å². The predicted molar refractivity (Wildman–Crippen MR) is 78.5 cm³/mol. The fourth-order valence-electron chi connectivity index (χ4n) is 1.72. The molecule has 5 heteroatoms. The topological polar surface area (TPSA) is 92.4 Å². The Kier molecular flexibility index (Phi) is 6.18. The van der Waals surface area contributed by atoms with Crippen LogP contribution in [0.25, 0.3) is 0 Å². The second kappa shape index (κ2) is 7.65. The smallest absolute Gasteiger partial charge is 0.303 e. The molecule has 0 spiro atoms. The minimum absolute atomic E-state index is 0.0790. The van der Waals surface area contributed by atoms with E-state index in [1.807, 2.05) is 19.9 Å². The van der Waals surface area contributed by atoms with Crippen LogP contribution in [0, 0.1) is 5.92 Å². The highest BCUT2D eigenvalue weighted by Gasteiger charge is 2.13. The summed E-state index contributed by atoms with van der Waals surface area (Å²) in [5.41, 5.74) is 7.42. The van der Waals surface area contributed by atoms with E-state index in [0.717, 1.165) is 5.56 Å². The lowest BCUT2D eigenvalue weighted by molar-refractivity contribution is -0.137. The van der Waals surface area contributed by atoms with Crippen molar-refractivity contribution < 1.29 is 14.7 Å². The number of amides is 1. The van der Waals surface area contributed by atoms with Gasteiger partial charge in [0, 0.05) is 24.6 Å². The lowest BCUT2D eigenvalue weighted by atomic mass is 10.0. The maximum absolute atomic E-state index is 11.8. The molecule has 1 aromatic rings. The lowest BCUT2D eigenvalue weighted by Crippen LogP contribution is -2.31. The summed E-state index contributed by atoms with van der Waals surface area (Å²) in [4.78, 5) is 22.4. The predicted octanol–water partition coefficient (Wildman–Crippen LogP) is 2.02. The van der Waals surface area contributed by atoms with Crippen molar-refractivity contribution in [3.05, 3.63) is 29.8 Å². The average molecular weight is 278 g/mol. The van der Waals surface area contributed by atoms with Gasteiger partial charge in [0.1, 0.15) is 0 Å². The van der Waals surface area contributed by atoms with E-state index in [1.165, 1.54) is 0 Å². The maximum atomic E-state index is 11.8. The molecule has 0 fully saturated rings. The summed E-state index contributed by atoms with van der Waals surface area (Å²) in [5.74, 6) is -0.702. The van der Waals surface area contributed by atoms with E-state index in [1.54, 1.807) is 18.2 Å². The molecule has 4 N–H and O–H groups in total. The van der Waals surface area contributed by atoms with E-state index in [9.17, 15) is 9.59 Å². The largest absolute Gasteiger partial charge is 0.481 e. The zero-order valence-corrected chi connectivity index (χ0v) is 11.9. The summed E-state index contributed by atoms with van der Waals surface area (Å²) in [6, 6.07) is 7.06. The zero-order chi connectivity index (χ0) is 15.1. The van der Waals surface area contributed by atoms with Crippen LogP contribution in [-0.2, 0) is 16.0 Å². The van der Waals surface area contributed by atoms with Crippen LogP contribution in [0.15, 0.2) is 24.3 Å². The Bertz CT molecular complexity index is 472. The van der Waals surface area contributed by atoms with Gasteiger partial charge in [-0.25, -0.2) is 0 Å². The fraction of sp³-hybridized carbons (Fsp3) is 0.467. The molecule has 0 aromatic heterocycles. The molecule has 0 heterocycles. The van der Waals surface area contributed by atoms with Crippen LogP contribution in [0.3, 0.4) is 0 Å². The molecule has 0 aliphatic heterocycles. The molecule has 0 aliphatic carbocycles. The number of hydrogen-bond donors (Lipinski definition) is 3. The number of rotatable bonds is 7. The highest BCUT2D eigenvalue weighted by Crippen LogP contribution is 2.13. The number of carbonyl (C=O) groups is 2. The lowest BCUT2D eigenvalue weighted by Gasteiger charge is -2.15. The number of anilines is 1. The Morgan fingerprint density at radius 1 is 1.35 bits per heavy atom. The van der Waals surface area contributed by atoms with Gasteiger partial charge >= 0.3 is 5.97 Å². The summed E-state index contributed by atoms with van der Waals surface area (Å²) < 4.78 is 0. The number of carboxylic acids is 1. The Morgan fingerprint density at radius 3 is 2.65 bits per heavy atom. The third kappa shape index (κ3) is 5.84. The van der Waals surface area contributed by atoms with Crippen LogP contribution in [0.2, 0.25) is 0 Å². The fourth-order valence-corrected chi connectivity index (χ4v) is 1.72. The number of nitrogens with one attached hydrogen (secondary N) is 1. The molecule has 0 saturated heterocycles. The van der Waals surface area contributed by atoms with E-state index < -0.39 is 5.97 Å². The molecular weight excluding hydrogens is 256 g/mol. The molecule has 1 rings (SSSR count). The van der Waals surface area contributed by atoms with Gasteiger partial charge in [-0.3, -0.25) is 9.59 Å². The molecule has 1 amide bonds. The van der Waals surface area contributed by atoms with Crippen LogP contribution >= 0.6 is 0 Å². The van der Waals surface area contributed by atoms with Crippen molar-refractivity contribution in [1.29, 1.82) is 0 Å². The second-order valence-corrected chi connectivity index (χ2v) is 5.25. The third-order valence-corrected chi connectivity index (χ3v) is 3.12. The van der Waals surface area contributed by atoms with Gasteiger partial charge in [0.2, 0.25) is 5.91 Å². The van der Waals surface area contributed by atoms with Crippen molar-refractivity contribution >= 4 is 17.6 Å². The summed E-state index contributed by atoms with van der Waals surface area (Å²) in [6.07, 6.45) is 0.803. The molecule has 5 nitrogen and oxygen atoms in total. The minimum Gasteiger partial charge on any atom is -0.481 e. The summed E-state index contributed by atoms with van der Waals surface area (Å²) in [5, 5.41) is 11.4. The summed E-state index contributed by atoms with van der Waals surface area (Å²) in [6.45, 7) is 3.95. The third-order valence-electron chi connectivity index (χ3n) is 3.12. The number of benzene rings is 1. The van der Waals surface area contributed by atoms with E-state index in [-0.39, 0.29) is 30.7 Å². The first-order valence-electron chi connectivity index (χ1n) is 6.74. The van der Waals surface area contributed by atoms with E-state index in [2.05, 4.69) is 5.32 Å². The number of aliphatic carboxylic acids is 1. The van der Waals surface area contributed by atoms with Gasteiger partial charge in [-0.1, -0.05) is 26.0 Å². The highest BCUT2D eigenvalue weighted by molar-refractivity contribution is 5.91. The van der Waals surface area contributed by atoms with Gasteiger partial charge in [-0.2, -0.15) is 0 Å². The Balaban J connectivity index is 2.57. The first-order chi connectivity index (χ1) is 9.38. The van der Waals surface area contributed by atoms with Gasteiger partial charge in [0.15, 0.2) is 0 Å². The van der Waals surface area contributed by atoms with Gasteiger partial charge in [0.05, 0.1) is 0 Å². The number of aryl methyl sites for hydroxylation is 1. The van der Waals surface area contributed by atoms with Gasteiger partial charge in [0.25, 0.3) is 0 Å². The second-order valence-electron chi connectivity index (χ2n) is 5.25. The van der Waals surface area contributed by atoms with Crippen molar-refractivity contribution in [3.8, 4) is 0 Å². The minimum atomic E-state index is -0.831. The Hall–Kier alpha value is -1.88. The molecule has 1 aromatic carbocycles. The molecular formula is C15H22N2O3. The molecule has 0 aliphatic rings. The Labute approximate surface area is 119 Å². The maximum Gasteiger partial charge on any atom is 0.303 e. The molecule has 0 radical (unpaired) electrons. The van der Waals surface area contributed by atoms with Crippen LogP contribution in [0.4, 0.5) is 5.69 Å². The van der Waals surface area contributed by atoms with Crippen molar-refractivity contribution in [2.45, 2.75) is 39.2 Å². The SMILES string of the molecule is CC(C)C(N)CC(=O)Nc1cccc(CCC(=O)O)c1. The molecule has 0 bridgehead atoms. The molecule has 0 saturated carbocycles. The summed E-state index contributed by atoms with van der Waals surface area (Å²) >= 11 is 0. The number of hydrogen-bond acceptors (Lipinski definition) is 3. The van der Waals surface area contributed by atoms with Crippen molar-refractivity contribution in [3.63, 3.8) is 0 Å². The first-order valence-corrected chi connectivity index (χ1v) is 6.74. The van der Waals surface area contributed by atoms with Gasteiger partial charge in [-0.05, 0) is 30.0 Å². The van der Waals surface area contributed by atoms with Crippen LogP contribution < -0.4 is 11.1 Å². The normalized spacial score (nSPS) is 12.2. The summed E-state index contributed by atoms with van der Waals surface area (Å²) in [7, 11) is 0. The van der Waals surface area contributed by atoms with Crippen molar-refractivity contribution in [2.24, 2.45) is 11.7 Å². The monoisotopic (exact) mass is 278 g/mol. The Morgan fingerprint density at radius 2 is 2.05 bits per heavy atom.